The van der Waals surface area contributed by atoms with E-state index in [1.54, 1.807) is 0 Å². The molecule has 60 valence electrons. The SMILES string of the molecule is O.O=O.O=O.OO.OO.[H+].[H+].[H+]. The highest BCUT2D eigenvalue weighted by Crippen LogP contribution is 0.743. The Morgan fingerprint density at radius 2 is 0.667 bits per heavy atom. The van der Waals surface area contributed by atoms with Gasteiger partial charge in [-0.2, -0.15) is 0 Å². The molecule has 9 nitrogen and oxygen atoms in total. The van der Waals surface area contributed by atoms with Crippen LogP contribution in [0.4, 0.5) is 0 Å². The first kappa shape index (κ1) is 43.6. The fourth-order valence-corrected chi connectivity index (χ4v) is 0. The van der Waals surface area contributed by atoms with E-state index in [1.165, 1.54) is 0 Å². The van der Waals surface area contributed by atoms with Crippen LogP contribution in [0.1, 0.15) is 4.28 Å². The predicted molar refractivity (Wildman–Crippen MR) is 30.9 cm³/mol. The molecule has 0 rings (SSSR count). The van der Waals surface area contributed by atoms with Gasteiger partial charge in [0.15, 0.2) is 0 Å². The maximum atomic E-state index is 7.00. The van der Waals surface area contributed by atoms with Crippen LogP contribution in [0.2, 0.25) is 0 Å². The summed E-state index contributed by atoms with van der Waals surface area (Å²) in [5.41, 5.74) is 0. The third-order valence-electron chi connectivity index (χ3n) is 0. The van der Waals surface area contributed by atoms with Gasteiger partial charge >= 0.3 is 4.28 Å². The second kappa shape index (κ2) is 252. The molecule has 6 N–H and O–H groups in total. The van der Waals surface area contributed by atoms with Crippen LogP contribution in [0.5, 0.6) is 0 Å². The Hall–Kier alpha value is -1.00. The van der Waals surface area contributed by atoms with E-state index < -0.39 is 0 Å². The first-order valence-electron chi connectivity index (χ1n) is 0.733. The van der Waals surface area contributed by atoms with Crippen LogP contribution < -0.4 is 0 Å². The molecule has 0 aromatic carbocycles. The molecule has 0 heterocycles. The van der Waals surface area contributed by atoms with Crippen LogP contribution in [0.15, 0.2) is 0 Å². The van der Waals surface area contributed by atoms with Gasteiger partial charge in [0.25, 0.3) is 0 Å². The maximum absolute atomic E-state index is 7.00. The van der Waals surface area contributed by atoms with Gasteiger partial charge in [0.1, 0.15) is 0 Å². The van der Waals surface area contributed by atoms with Crippen LogP contribution in [0.3, 0.4) is 0 Å². The zero-order valence-corrected chi connectivity index (χ0v) is 3.92. The van der Waals surface area contributed by atoms with Crippen molar-refractivity contribution in [3.63, 3.8) is 0 Å². The fourth-order valence-electron chi connectivity index (χ4n) is 0. The fraction of sp³-hybridized carbons (Fsp3) is 0. The van der Waals surface area contributed by atoms with Gasteiger partial charge < -0.3 is 5.48 Å². The molecule has 9 heavy (non-hydrogen) atoms. The molecule has 0 fully saturated rings. The summed E-state index contributed by atoms with van der Waals surface area (Å²) in [6.07, 6.45) is 0. The number of rotatable bonds is 0. The second-order valence-corrected chi connectivity index (χ2v) is 0. The highest BCUT2D eigenvalue weighted by Gasteiger charge is 0.748. The third kappa shape index (κ3) is 175. The molecule has 0 saturated carbocycles. The Morgan fingerprint density at radius 1 is 0.667 bits per heavy atom. The monoisotopic (exact) mass is 153 g/mol. The molecule has 0 aliphatic rings. The molecule has 0 saturated heterocycles. The van der Waals surface area contributed by atoms with Crippen LogP contribution in [-0.2, 0) is 0 Å². The lowest BCUT2D eigenvalue weighted by molar-refractivity contribution is -0.176. The highest BCUT2D eigenvalue weighted by atomic mass is 17.0. The Kier molecular flexibility index (Phi) is 1220. The van der Waals surface area contributed by atoms with Gasteiger partial charge in [-0.1, -0.05) is 0 Å². The van der Waals surface area contributed by atoms with Crippen molar-refractivity contribution in [2.24, 2.45) is 0 Å². The summed E-state index contributed by atoms with van der Waals surface area (Å²) in [7, 11) is 0. The van der Waals surface area contributed by atoms with Gasteiger partial charge in [-0.05, 0) is 0 Å². The molecule has 0 bridgehead atoms. The topological polar surface area (TPSA) is 181 Å². The van der Waals surface area contributed by atoms with Gasteiger partial charge in [-0.3, -0.25) is 21.0 Å². The summed E-state index contributed by atoms with van der Waals surface area (Å²) in [6.45, 7) is 0. The largest absolute Gasteiger partial charge is 1.00 e. The molecule has 0 aromatic rings. The molecule has 9 heteroatoms. The van der Waals surface area contributed by atoms with E-state index in [0.29, 0.717) is 0 Å². The predicted octanol–water partition coefficient (Wildman–Crippen LogP) is -0.318. The van der Waals surface area contributed by atoms with Crippen LogP contribution >= 0.6 is 0 Å². The maximum Gasteiger partial charge on any atom is 1.00 e. The van der Waals surface area contributed by atoms with Gasteiger partial charge in [0.2, 0.25) is 0 Å². The Labute approximate surface area is 52.2 Å². The molecule has 0 spiro atoms. The number of hydrogen-bond donors (Lipinski definition) is 4. The lowest BCUT2D eigenvalue weighted by Crippen LogP contribution is -1.29. The molecule has 0 aliphatic heterocycles. The average Bonchev–Trinajstić information content (AvgIpc) is 2.03. The Morgan fingerprint density at radius 3 is 0.667 bits per heavy atom. The minimum Gasteiger partial charge on any atom is -0.412 e. The molecule has 0 radical (unpaired) electrons. The molecule has 0 aromatic heterocycles. The summed E-state index contributed by atoms with van der Waals surface area (Å²) < 4.78 is 0. The normalized spacial score (nSPS) is 2.22. The summed E-state index contributed by atoms with van der Waals surface area (Å²) in [5.74, 6) is 0. The molecular formula is H9O9+3. The summed E-state index contributed by atoms with van der Waals surface area (Å²) >= 11 is 0. The Bertz CT molecular complexity index is 11.7. The van der Waals surface area contributed by atoms with Crippen molar-refractivity contribution in [1.82, 2.24) is 0 Å². The number of hydrogen-bond acceptors (Lipinski definition) is 8. The van der Waals surface area contributed by atoms with Crippen molar-refractivity contribution < 1.29 is 30.8 Å². The van der Waals surface area contributed by atoms with Gasteiger partial charge in [-0.25, -0.2) is 0 Å². The standard InChI is InChI=1S/2H2O2.2O2.H2O/c4*1-2;/h2*1-2H;;;1H2/p+3. The quantitative estimate of drug-likeness (QED) is 0.269. The molecule has 0 unspecified atom stereocenters. The zero-order chi connectivity index (χ0) is 8.00. The van der Waals surface area contributed by atoms with Crippen LogP contribution in [-0.4, -0.2) is 26.5 Å². The zero-order valence-electron chi connectivity index (χ0n) is 6.92. The van der Waals surface area contributed by atoms with Crippen molar-refractivity contribution >= 4 is 0 Å². The van der Waals surface area contributed by atoms with E-state index in [2.05, 4.69) is 0 Å². The smallest absolute Gasteiger partial charge is 0.412 e. The highest BCUT2D eigenvalue weighted by molar-refractivity contribution is 4.08. The van der Waals surface area contributed by atoms with Crippen LogP contribution in [0.25, 0.3) is 0 Å². The van der Waals surface area contributed by atoms with E-state index in [0.717, 1.165) is 0 Å². The van der Waals surface area contributed by atoms with E-state index in [-0.39, 0.29) is 9.76 Å². The molecule has 0 atom stereocenters. The summed E-state index contributed by atoms with van der Waals surface area (Å²) in [4.78, 5) is 28.0. The van der Waals surface area contributed by atoms with Crippen molar-refractivity contribution in [3.8, 4) is 0 Å². The van der Waals surface area contributed by atoms with Crippen molar-refractivity contribution in [2.75, 3.05) is 0 Å². The third-order valence-corrected chi connectivity index (χ3v) is 0. The molecule has 0 aliphatic carbocycles. The van der Waals surface area contributed by atoms with Gasteiger partial charge in [0.05, 0.1) is 0 Å². The molecule has 0 amide bonds. The average molecular weight is 153 g/mol. The van der Waals surface area contributed by atoms with Crippen LogP contribution in [0, 0.1) is 19.9 Å². The van der Waals surface area contributed by atoms with Crippen molar-refractivity contribution in [3.05, 3.63) is 19.9 Å². The van der Waals surface area contributed by atoms with Gasteiger partial charge in [0, 0.05) is 19.9 Å². The lowest BCUT2D eigenvalue weighted by Gasteiger charge is -1.25. The first-order chi connectivity index (χ1) is 4.00. The Balaban J connectivity index is -0.00000000267. The van der Waals surface area contributed by atoms with Crippen molar-refractivity contribution in [2.45, 2.75) is 0 Å². The first-order valence-corrected chi connectivity index (χ1v) is 0.733. The lowest BCUT2D eigenvalue weighted by atomic mass is 15.0. The van der Waals surface area contributed by atoms with Crippen molar-refractivity contribution in [1.29, 1.82) is 0 Å². The molecular weight excluding hydrogens is 144 g/mol. The van der Waals surface area contributed by atoms with E-state index in [4.69, 9.17) is 40.9 Å². The minimum absolute atomic E-state index is 0. The van der Waals surface area contributed by atoms with E-state index in [9.17, 15) is 0 Å². The van der Waals surface area contributed by atoms with E-state index >= 15 is 0 Å². The van der Waals surface area contributed by atoms with Gasteiger partial charge in [-0.15, -0.1) is 0 Å². The second-order valence-electron chi connectivity index (χ2n) is 0. The minimum atomic E-state index is 0. The van der Waals surface area contributed by atoms with E-state index in [1.807, 2.05) is 0 Å². The summed E-state index contributed by atoms with van der Waals surface area (Å²) in [6, 6.07) is 0. The summed E-state index contributed by atoms with van der Waals surface area (Å²) in [5, 5.41) is 24.0.